The number of nitrogens with zero attached hydrogens (tertiary/aromatic N) is 2. The number of fused-ring (bicyclic) bond motifs is 1. The van der Waals surface area contributed by atoms with Crippen molar-refractivity contribution in [3.63, 3.8) is 0 Å². The van der Waals surface area contributed by atoms with E-state index >= 15 is 0 Å². The Morgan fingerprint density at radius 1 is 1.15 bits per heavy atom. The first-order valence-corrected chi connectivity index (χ1v) is 7.59. The molecule has 0 bridgehead atoms. The lowest BCUT2D eigenvalue weighted by Gasteiger charge is -2.04. The van der Waals surface area contributed by atoms with E-state index in [-0.39, 0.29) is 11.8 Å². The maximum Gasteiger partial charge on any atom is 0.243 e. The third-order valence-corrected chi connectivity index (χ3v) is 4.55. The van der Waals surface area contributed by atoms with Crippen molar-refractivity contribution in [2.24, 2.45) is 22.9 Å². The highest BCUT2D eigenvalue weighted by atomic mass is 16.2. The summed E-state index contributed by atoms with van der Waals surface area (Å²) in [4.78, 5) is 16.1. The molecule has 0 aromatic carbocycles. The monoisotopic (exact) mass is 271 g/mol. The van der Waals surface area contributed by atoms with Gasteiger partial charge in [0.25, 0.3) is 0 Å². The van der Waals surface area contributed by atoms with Crippen LogP contribution in [0.15, 0.2) is 29.6 Å². The second kappa shape index (κ2) is 6.16. The van der Waals surface area contributed by atoms with E-state index in [1.165, 1.54) is 38.5 Å². The van der Waals surface area contributed by atoms with Gasteiger partial charge in [-0.1, -0.05) is 25.7 Å². The zero-order valence-corrected chi connectivity index (χ0v) is 11.7. The van der Waals surface area contributed by atoms with Gasteiger partial charge in [-0.2, -0.15) is 5.10 Å². The maximum absolute atomic E-state index is 12.1. The van der Waals surface area contributed by atoms with Gasteiger partial charge < -0.3 is 0 Å². The lowest BCUT2D eigenvalue weighted by atomic mass is 10.0. The standard InChI is InChI=1S/C16H21N3O/c20-16(19-18-11-12-7-9-17-10-8-12)15-13-5-3-1-2-4-6-14(13)15/h7-11,13-15H,1-6H2,(H,19,20)/b18-11-/t13-,14-/m1/s1. The summed E-state index contributed by atoms with van der Waals surface area (Å²) >= 11 is 0. The Labute approximate surface area is 119 Å². The quantitative estimate of drug-likeness (QED) is 0.679. The van der Waals surface area contributed by atoms with E-state index in [1.54, 1.807) is 18.6 Å². The molecule has 3 rings (SSSR count). The number of carbonyl (C=O) groups is 1. The molecule has 1 heterocycles. The number of hydrogen-bond acceptors (Lipinski definition) is 3. The summed E-state index contributed by atoms with van der Waals surface area (Å²) in [5.41, 5.74) is 3.65. The third kappa shape index (κ3) is 3.06. The molecule has 0 spiro atoms. The largest absolute Gasteiger partial charge is 0.273 e. The summed E-state index contributed by atoms with van der Waals surface area (Å²) in [5, 5.41) is 4.06. The van der Waals surface area contributed by atoms with Gasteiger partial charge in [-0.15, -0.1) is 0 Å². The first-order valence-electron chi connectivity index (χ1n) is 7.59. The Morgan fingerprint density at radius 2 is 1.80 bits per heavy atom. The maximum atomic E-state index is 12.1. The van der Waals surface area contributed by atoms with Crippen LogP contribution in [-0.2, 0) is 4.79 Å². The molecule has 106 valence electrons. The van der Waals surface area contributed by atoms with Crippen molar-refractivity contribution in [2.45, 2.75) is 38.5 Å². The molecule has 2 aliphatic carbocycles. The van der Waals surface area contributed by atoms with Gasteiger partial charge in [-0.05, 0) is 42.4 Å². The van der Waals surface area contributed by atoms with Crippen molar-refractivity contribution in [1.29, 1.82) is 0 Å². The van der Waals surface area contributed by atoms with Gasteiger partial charge in [0, 0.05) is 18.3 Å². The van der Waals surface area contributed by atoms with Crippen LogP contribution in [0.2, 0.25) is 0 Å². The molecule has 2 saturated carbocycles. The van der Waals surface area contributed by atoms with Crippen molar-refractivity contribution < 1.29 is 4.79 Å². The number of hydrogen-bond donors (Lipinski definition) is 1. The summed E-state index contributed by atoms with van der Waals surface area (Å²) in [6, 6.07) is 3.72. The van der Waals surface area contributed by atoms with E-state index in [2.05, 4.69) is 15.5 Å². The smallest absolute Gasteiger partial charge is 0.243 e. The predicted octanol–water partition coefficient (Wildman–Crippen LogP) is 2.75. The van der Waals surface area contributed by atoms with Gasteiger partial charge in [0.15, 0.2) is 0 Å². The van der Waals surface area contributed by atoms with Crippen LogP contribution in [0, 0.1) is 17.8 Å². The van der Waals surface area contributed by atoms with Gasteiger partial charge in [0.2, 0.25) is 5.91 Å². The van der Waals surface area contributed by atoms with Crippen LogP contribution >= 0.6 is 0 Å². The molecule has 1 N–H and O–H groups in total. The molecule has 0 unspecified atom stereocenters. The number of carbonyl (C=O) groups excluding carboxylic acids is 1. The van der Waals surface area contributed by atoms with Crippen LogP contribution in [0.5, 0.6) is 0 Å². The van der Waals surface area contributed by atoms with E-state index in [0.717, 1.165) is 5.56 Å². The van der Waals surface area contributed by atoms with Crippen LogP contribution < -0.4 is 5.43 Å². The van der Waals surface area contributed by atoms with E-state index < -0.39 is 0 Å². The molecule has 0 radical (unpaired) electrons. The first-order chi connectivity index (χ1) is 9.86. The molecule has 1 aromatic rings. The van der Waals surface area contributed by atoms with Crippen LogP contribution in [0.3, 0.4) is 0 Å². The molecule has 4 heteroatoms. The average molecular weight is 271 g/mol. The molecule has 2 fully saturated rings. The topological polar surface area (TPSA) is 54.4 Å². The van der Waals surface area contributed by atoms with Crippen molar-refractivity contribution in [3.05, 3.63) is 30.1 Å². The second-order valence-electron chi connectivity index (χ2n) is 5.86. The van der Waals surface area contributed by atoms with E-state index in [1.807, 2.05) is 12.1 Å². The van der Waals surface area contributed by atoms with E-state index in [4.69, 9.17) is 0 Å². The fraction of sp³-hybridized carbons (Fsp3) is 0.562. The Morgan fingerprint density at radius 3 is 2.45 bits per heavy atom. The number of nitrogens with one attached hydrogen (secondary N) is 1. The van der Waals surface area contributed by atoms with Crippen molar-refractivity contribution in [2.75, 3.05) is 0 Å². The Balaban J connectivity index is 1.51. The van der Waals surface area contributed by atoms with Gasteiger partial charge in [0.05, 0.1) is 6.21 Å². The van der Waals surface area contributed by atoms with Crippen LogP contribution in [0.4, 0.5) is 0 Å². The zero-order chi connectivity index (χ0) is 13.8. The van der Waals surface area contributed by atoms with Gasteiger partial charge in [-0.3, -0.25) is 9.78 Å². The number of pyridine rings is 1. The summed E-state index contributed by atoms with van der Waals surface area (Å²) in [6.07, 6.45) is 12.8. The molecule has 1 amide bonds. The zero-order valence-electron chi connectivity index (χ0n) is 11.7. The van der Waals surface area contributed by atoms with Gasteiger partial charge in [0.1, 0.15) is 0 Å². The number of rotatable bonds is 3. The average Bonchev–Trinajstić information content (AvgIpc) is 3.11. The van der Waals surface area contributed by atoms with Crippen molar-refractivity contribution in [1.82, 2.24) is 10.4 Å². The SMILES string of the molecule is O=C(N/N=C\c1ccncc1)C1[C@@H]2CCCCCC[C@@H]12. The fourth-order valence-electron chi connectivity index (χ4n) is 3.43. The Kier molecular flexibility index (Phi) is 4.09. The lowest BCUT2D eigenvalue weighted by Crippen LogP contribution is -2.21. The minimum atomic E-state index is 0.104. The molecule has 4 nitrogen and oxygen atoms in total. The van der Waals surface area contributed by atoms with Crippen LogP contribution in [0.1, 0.15) is 44.1 Å². The molecule has 2 aliphatic rings. The molecular weight excluding hydrogens is 250 g/mol. The Bertz CT molecular complexity index is 472. The van der Waals surface area contributed by atoms with Crippen LogP contribution in [0.25, 0.3) is 0 Å². The van der Waals surface area contributed by atoms with Gasteiger partial charge >= 0.3 is 0 Å². The number of aromatic nitrogens is 1. The van der Waals surface area contributed by atoms with Crippen molar-refractivity contribution in [3.8, 4) is 0 Å². The minimum Gasteiger partial charge on any atom is -0.273 e. The third-order valence-electron chi connectivity index (χ3n) is 4.55. The summed E-state index contributed by atoms with van der Waals surface area (Å²) in [7, 11) is 0. The molecule has 20 heavy (non-hydrogen) atoms. The molecule has 0 saturated heterocycles. The molecular formula is C16H21N3O. The number of hydrazone groups is 1. The molecule has 1 aromatic heterocycles. The van der Waals surface area contributed by atoms with Crippen LogP contribution in [-0.4, -0.2) is 17.1 Å². The summed E-state index contributed by atoms with van der Waals surface area (Å²) in [5.74, 6) is 1.55. The highest BCUT2D eigenvalue weighted by Crippen LogP contribution is 2.53. The first kappa shape index (κ1) is 13.3. The normalized spacial score (nSPS) is 29.3. The highest BCUT2D eigenvalue weighted by molar-refractivity contribution is 5.85. The summed E-state index contributed by atoms with van der Waals surface area (Å²) < 4.78 is 0. The Hall–Kier alpha value is -1.71. The van der Waals surface area contributed by atoms with Gasteiger partial charge in [-0.25, -0.2) is 5.43 Å². The predicted molar refractivity (Wildman–Crippen MR) is 78.1 cm³/mol. The van der Waals surface area contributed by atoms with Crippen molar-refractivity contribution >= 4 is 12.1 Å². The van der Waals surface area contributed by atoms with E-state index in [9.17, 15) is 4.79 Å². The molecule has 2 atom stereocenters. The fourth-order valence-corrected chi connectivity index (χ4v) is 3.43. The van der Waals surface area contributed by atoms with E-state index in [0.29, 0.717) is 11.8 Å². The minimum absolute atomic E-state index is 0.104. The second-order valence-corrected chi connectivity index (χ2v) is 5.86. The highest BCUT2D eigenvalue weighted by Gasteiger charge is 2.53. The molecule has 0 aliphatic heterocycles. The summed E-state index contributed by atoms with van der Waals surface area (Å²) in [6.45, 7) is 0. The lowest BCUT2D eigenvalue weighted by molar-refractivity contribution is -0.122. The number of amides is 1.